The van der Waals surface area contributed by atoms with Gasteiger partial charge >= 0.3 is 6.09 Å². The minimum absolute atomic E-state index is 0.170. The summed E-state index contributed by atoms with van der Waals surface area (Å²) in [5, 5.41) is 0. The van der Waals surface area contributed by atoms with E-state index in [1.807, 2.05) is 31.9 Å². The summed E-state index contributed by atoms with van der Waals surface area (Å²) in [6.07, 6.45) is 8.02. The van der Waals surface area contributed by atoms with Crippen LogP contribution in [0.4, 0.5) is 4.79 Å². The fourth-order valence-corrected chi connectivity index (χ4v) is 4.66. The Hall–Kier alpha value is -1.91. The van der Waals surface area contributed by atoms with Gasteiger partial charge in [0, 0.05) is 19.6 Å². The largest absolute Gasteiger partial charge is 0.444 e. The third kappa shape index (κ3) is 7.32. The first-order valence-corrected chi connectivity index (χ1v) is 15.0. The fraction of sp³-hybridized carbons (Fsp3) is 0.708. The van der Waals surface area contributed by atoms with Crippen molar-refractivity contribution in [3.63, 3.8) is 0 Å². The molecule has 2 fully saturated rings. The van der Waals surface area contributed by atoms with Crippen LogP contribution < -0.4 is 0 Å². The van der Waals surface area contributed by atoms with Gasteiger partial charge in [0.25, 0.3) is 0 Å². The molecule has 1 aromatic heterocycles. The van der Waals surface area contributed by atoms with Gasteiger partial charge in [-0.1, -0.05) is 25.6 Å². The molecular weight excluding hydrogens is 404 g/mol. The Balaban J connectivity index is 1.46. The van der Waals surface area contributed by atoms with Gasteiger partial charge in [-0.25, -0.2) is 9.78 Å². The quantitative estimate of drug-likeness (QED) is 0.504. The molecule has 170 valence electrons. The highest BCUT2D eigenvalue weighted by molar-refractivity contribution is 6.83. The van der Waals surface area contributed by atoms with Gasteiger partial charge in [-0.3, -0.25) is 9.88 Å². The summed E-state index contributed by atoms with van der Waals surface area (Å²) >= 11 is 0. The summed E-state index contributed by atoms with van der Waals surface area (Å²) < 4.78 is 5.54. The molecule has 3 rings (SSSR count). The molecule has 3 heterocycles. The van der Waals surface area contributed by atoms with Crippen molar-refractivity contribution in [1.82, 2.24) is 19.8 Å². The first-order chi connectivity index (χ1) is 14.4. The molecular formula is C24H38N4O2Si. The number of ether oxygens (including phenoxy) is 1. The highest BCUT2D eigenvalue weighted by Gasteiger charge is 2.39. The van der Waals surface area contributed by atoms with Crippen LogP contribution in [0.25, 0.3) is 0 Å². The maximum absolute atomic E-state index is 12.3. The Morgan fingerprint density at radius 2 is 1.68 bits per heavy atom. The van der Waals surface area contributed by atoms with Crippen molar-refractivity contribution in [2.45, 2.75) is 78.2 Å². The van der Waals surface area contributed by atoms with Crippen LogP contribution >= 0.6 is 0 Å². The summed E-state index contributed by atoms with van der Waals surface area (Å²) in [6, 6.07) is 0. The first kappa shape index (κ1) is 23.7. The molecule has 2 aliphatic heterocycles. The maximum Gasteiger partial charge on any atom is 0.410 e. The molecule has 0 bridgehead atoms. The molecule has 6 nitrogen and oxygen atoms in total. The number of nitrogens with zero attached hydrogens (tertiary/aromatic N) is 4. The van der Waals surface area contributed by atoms with E-state index in [0.717, 1.165) is 57.0 Å². The van der Waals surface area contributed by atoms with Gasteiger partial charge < -0.3 is 9.64 Å². The summed E-state index contributed by atoms with van der Waals surface area (Å²) in [5.74, 6) is 3.17. The Labute approximate surface area is 188 Å². The number of piperidine rings is 2. The molecule has 0 radical (unpaired) electrons. The van der Waals surface area contributed by atoms with Gasteiger partial charge in [-0.2, -0.15) is 0 Å². The first-order valence-electron chi connectivity index (χ1n) is 11.5. The molecule has 0 aliphatic carbocycles. The van der Waals surface area contributed by atoms with E-state index in [0.29, 0.717) is 5.41 Å². The van der Waals surface area contributed by atoms with Crippen molar-refractivity contribution in [3.05, 3.63) is 23.8 Å². The van der Waals surface area contributed by atoms with E-state index in [1.165, 1.54) is 12.8 Å². The summed E-state index contributed by atoms with van der Waals surface area (Å²) in [4.78, 5) is 25.8. The van der Waals surface area contributed by atoms with Gasteiger partial charge in [0.15, 0.2) is 0 Å². The zero-order valence-corrected chi connectivity index (χ0v) is 21.1. The summed E-state index contributed by atoms with van der Waals surface area (Å²) in [5.41, 5.74) is 5.05. The van der Waals surface area contributed by atoms with Crippen molar-refractivity contribution in [2.75, 3.05) is 26.2 Å². The van der Waals surface area contributed by atoms with Gasteiger partial charge in [0.05, 0.1) is 18.1 Å². The van der Waals surface area contributed by atoms with E-state index in [2.05, 4.69) is 46.0 Å². The van der Waals surface area contributed by atoms with E-state index >= 15 is 0 Å². The zero-order chi connectivity index (χ0) is 22.7. The van der Waals surface area contributed by atoms with E-state index in [4.69, 9.17) is 4.74 Å². The number of carbonyl (C=O) groups excluding carboxylic acids is 1. The van der Waals surface area contributed by atoms with Crippen LogP contribution in [0.5, 0.6) is 0 Å². The topological polar surface area (TPSA) is 58.6 Å². The van der Waals surface area contributed by atoms with Gasteiger partial charge in [0.1, 0.15) is 19.4 Å². The number of carbonyl (C=O) groups is 1. The molecule has 2 aliphatic rings. The molecule has 0 atom stereocenters. The molecule has 1 spiro atoms. The van der Waals surface area contributed by atoms with Crippen molar-refractivity contribution < 1.29 is 9.53 Å². The predicted molar refractivity (Wildman–Crippen MR) is 126 cm³/mol. The summed E-state index contributed by atoms with van der Waals surface area (Å²) in [6.45, 7) is 17.1. The lowest BCUT2D eigenvalue weighted by molar-refractivity contribution is -0.00323. The third-order valence-corrected chi connectivity index (χ3v) is 6.92. The third-order valence-electron chi connectivity index (χ3n) is 6.05. The minimum atomic E-state index is -1.40. The smallest absolute Gasteiger partial charge is 0.410 e. The van der Waals surface area contributed by atoms with E-state index in [-0.39, 0.29) is 6.09 Å². The normalized spacial score (nSPS) is 19.6. The molecule has 0 unspecified atom stereocenters. The standard InChI is InChI=1S/C24H38N4O2Si/c1-23(2,3)30-22(29)28-14-10-24(11-15-28)8-12-27(13-9-24)19-21-18-25-20(17-26-21)7-16-31(4,5)6/h17-18H,8-15,19H2,1-6H3. The van der Waals surface area contributed by atoms with Crippen LogP contribution in [0.15, 0.2) is 12.4 Å². The number of hydrogen-bond acceptors (Lipinski definition) is 5. The van der Waals surface area contributed by atoms with Crippen LogP contribution in [0.2, 0.25) is 19.6 Å². The molecule has 31 heavy (non-hydrogen) atoms. The Kier molecular flexibility index (Phi) is 7.12. The molecule has 0 N–H and O–H groups in total. The van der Waals surface area contributed by atoms with Crippen molar-refractivity contribution in [1.29, 1.82) is 0 Å². The van der Waals surface area contributed by atoms with Crippen molar-refractivity contribution in [2.24, 2.45) is 5.41 Å². The molecule has 1 aromatic rings. The van der Waals surface area contributed by atoms with Crippen molar-refractivity contribution >= 4 is 14.2 Å². The highest BCUT2D eigenvalue weighted by Crippen LogP contribution is 2.41. The lowest BCUT2D eigenvalue weighted by Gasteiger charge is -2.46. The van der Waals surface area contributed by atoms with Crippen LogP contribution in [0, 0.1) is 16.9 Å². The van der Waals surface area contributed by atoms with Gasteiger partial charge in [0.2, 0.25) is 0 Å². The number of aromatic nitrogens is 2. The second-order valence-corrected chi connectivity index (χ2v) is 15.9. The zero-order valence-electron chi connectivity index (χ0n) is 20.1. The lowest BCUT2D eigenvalue weighted by Crippen LogP contribution is -2.49. The lowest BCUT2D eigenvalue weighted by atomic mass is 9.71. The number of rotatable bonds is 2. The maximum atomic E-state index is 12.3. The number of likely N-dealkylation sites (tertiary alicyclic amines) is 2. The Morgan fingerprint density at radius 3 is 2.19 bits per heavy atom. The second kappa shape index (κ2) is 9.29. The predicted octanol–water partition coefficient (Wildman–Crippen LogP) is 4.32. The second-order valence-electron chi connectivity index (χ2n) is 11.1. The van der Waals surface area contributed by atoms with Crippen LogP contribution in [0.1, 0.15) is 57.8 Å². The Bertz CT molecular complexity index is 812. The molecule has 0 saturated carbocycles. The molecule has 7 heteroatoms. The SMILES string of the molecule is CC(C)(C)OC(=O)N1CCC2(CCN(Cc3cnc(C#C[Si](C)(C)C)cn3)CC2)CC1. The molecule has 2 saturated heterocycles. The number of hydrogen-bond donors (Lipinski definition) is 0. The average Bonchev–Trinajstić information content (AvgIpc) is 2.68. The van der Waals surface area contributed by atoms with E-state index < -0.39 is 13.7 Å². The number of amides is 1. The molecule has 1 amide bonds. The van der Waals surface area contributed by atoms with Crippen molar-refractivity contribution in [3.8, 4) is 11.5 Å². The van der Waals surface area contributed by atoms with Crippen LogP contribution in [-0.4, -0.2) is 65.7 Å². The van der Waals surface area contributed by atoms with Crippen LogP contribution in [0.3, 0.4) is 0 Å². The fourth-order valence-electron chi connectivity index (χ4n) is 4.16. The molecule has 0 aromatic carbocycles. The van der Waals surface area contributed by atoms with E-state index in [9.17, 15) is 4.79 Å². The average molecular weight is 443 g/mol. The highest BCUT2D eigenvalue weighted by atomic mass is 28.3. The van der Waals surface area contributed by atoms with Gasteiger partial charge in [-0.05, 0) is 65.0 Å². The monoisotopic (exact) mass is 442 g/mol. The summed E-state index contributed by atoms with van der Waals surface area (Å²) in [7, 11) is -1.40. The Morgan fingerprint density at radius 1 is 1.06 bits per heavy atom. The van der Waals surface area contributed by atoms with Gasteiger partial charge in [-0.15, -0.1) is 5.54 Å². The minimum Gasteiger partial charge on any atom is -0.444 e. The van der Waals surface area contributed by atoms with E-state index in [1.54, 1.807) is 6.20 Å². The van der Waals surface area contributed by atoms with Crippen LogP contribution in [-0.2, 0) is 11.3 Å².